The van der Waals surface area contributed by atoms with Gasteiger partial charge in [-0.25, -0.2) is 16.8 Å². The van der Waals surface area contributed by atoms with Gasteiger partial charge in [0.15, 0.2) is 21.3 Å². The molecule has 4 rings (SSSR count). The zero-order chi connectivity index (χ0) is 25.1. The number of rotatable bonds is 8. The number of carbonyl (C=O) groups excluding carboxylic acids is 1. The van der Waals surface area contributed by atoms with Crippen LogP contribution >= 0.6 is 0 Å². The smallest absolute Gasteiger partial charge is 0.277 e. The largest absolute Gasteiger partial charge is 0.379 e. The Labute approximate surface area is 203 Å². The van der Waals surface area contributed by atoms with Crippen molar-refractivity contribution < 1.29 is 30.9 Å². The van der Waals surface area contributed by atoms with Crippen LogP contribution in [0.5, 0.6) is 0 Å². The fourth-order valence-electron chi connectivity index (χ4n) is 3.57. The number of anilines is 1. The highest BCUT2D eigenvalue weighted by Gasteiger charge is 2.26. The highest BCUT2D eigenvalue weighted by molar-refractivity contribution is 7.91. The molecule has 0 bridgehead atoms. The number of amides is 1. The van der Waals surface area contributed by atoms with Gasteiger partial charge in [0.2, 0.25) is 10.0 Å². The van der Waals surface area contributed by atoms with Crippen LogP contribution < -0.4 is 5.32 Å². The minimum Gasteiger partial charge on any atom is -0.379 e. The zero-order valence-corrected chi connectivity index (χ0v) is 20.6. The second-order valence-electron chi connectivity index (χ2n) is 7.91. The van der Waals surface area contributed by atoms with Gasteiger partial charge in [-0.3, -0.25) is 4.79 Å². The third-order valence-electron chi connectivity index (χ3n) is 5.43. The van der Waals surface area contributed by atoms with E-state index in [2.05, 4.69) is 10.5 Å². The molecule has 0 saturated carbocycles. The van der Waals surface area contributed by atoms with Crippen molar-refractivity contribution in [2.75, 3.05) is 37.4 Å². The molecule has 2 heterocycles. The fourth-order valence-corrected chi connectivity index (χ4v) is 6.30. The van der Waals surface area contributed by atoms with E-state index in [0.29, 0.717) is 49.7 Å². The van der Waals surface area contributed by atoms with E-state index in [1.165, 1.54) is 46.8 Å². The van der Waals surface area contributed by atoms with Crippen molar-refractivity contribution in [2.45, 2.75) is 23.1 Å². The molecule has 0 atom stereocenters. The lowest BCUT2D eigenvalue weighted by Gasteiger charge is -2.26. The van der Waals surface area contributed by atoms with Gasteiger partial charge in [0.05, 0.1) is 28.8 Å². The number of hydrogen-bond acceptors (Lipinski definition) is 8. The van der Waals surface area contributed by atoms with E-state index >= 15 is 0 Å². The second-order valence-corrected chi connectivity index (χ2v) is 12.0. The molecule has 1 saturated heterocycles. The van der Waals surface area contributed by atoms with Gasteiger partial charge in [-0.15, -0.1) is 0 Å². The molecule has 1 amide bonds. The summed E-state index contributed by atoms with van der Waals surface area (Å²) in [7, 11) is -6.95. The first kappa shape index (κ1) is 25.0. The van der Waals surface area contributed by atoms with Crippen LogP contribution in [0, 0.1) is 0 Å². The van der Waals surface area contributed by atoms with E-state index in [9.17, 15) is 21.6 Å². The molecule has 35 heavy (non-hydrogen) atoms. The Morgan fingerprint density at radius 1 is 0.971 bits per heavy atom. The molecule has 1 aromatic heterocycles. The number of nitrogens with one attached hydrogen (secondary N) is 1. The second kappa shape index (κ2) is 10.3. The van der Waals surface area contributed by atoms with E-state index < -0.39 is 25.8 Å². The Morgan fingerprint density at radius 3 is 2.23 bits per heavy atom. The van der Waals surface area contributed by atoms with E-state index in [0.717, 1.165) is 0 Å². The molecule has 1 aliphatic heterocycles. The molecule has 0 radical (unpaired) electrons. The van der Waals surface area contributed by atoms with Gasteiger partial charge in [0.25, 0.3) is 5.91 Å². The van der Waals surface area contributed by atoms with Crippen LogP contribution in [0.25, 0.3) is 11.3 Å². The Morgan fingerprint density at radius 2 is 1.60 bits per heavy atom. The lowest BCUT2D eigenvalue weighted by atomic mass is 10.1. The van der Waals surface area contributed by atoms with E-state index in [1.54, 1.807) is 19.1 Å². The lowest BCUT2D eigenvalue weighted by molar-refractivity contribution is 0.0730. The first-order valence-electron chi connectivity index (χ1n) is 11.0. The van der Waals surface area contributed by atoms with Crippen molar-refractivity contribution in [1.82, 2.24) is 9.46 Å². The van der Waals surface area contributed by atoms with Gasteiger partial charge in [-0.05, 0) is 55.0 Å². The van der Waals surface area contributed by atoms with Crippen LogP contribution in [0.1, 0.15) is 23.8 Å². The SMILES string of the molecule is CCCS(=O)(=O)c1ccc(-c2cc(C(=O)Nc3ccc(S(=O)(=O)N4CCOCC4)cc3)no2)cc1. The summed E-state index contributed by atoms with van der Waals surface area (Å²) in [6.07, 6.45) is 0.525. The van der Waals surface area contributed by atoms with E-state index in [1.807, 2.05) is 0 Å². The quantitative estimate of drug-likeness (QED) is 0.480. The standard InChI is InChI=1S/C23H25N3O7S2/c1-2-15-34(28,29)19-7-3-17(4-8-19)22-16-21(25-33-22)23(27)24-18-5-9-20(10-6-18)35(30,31)26-11-13-32-14-12-26/h3-10,16H,2,11-15H2,1H3,(H,24,27). The normalized spacial score (nSPS) is 15.1. The van der Waals surface area contributed by atoms with Crippen LogP contribution in [-0.4, -0.2) is 64.3 Å². The number of ether oxygens (including phenoxy) is 1. The van der Waals surface area contributed by atoms with Crippen molar-refractivity contribution in [1.29, 1.82) is 0 Å². The average molecular weight is 520 g/mol. The highest BCUT2D eigenvalue weighted by Crippen LogP contribution is 2.24. The maximum absolute atomic E-state index is 12.7. The number of carbonyl (C=O) groups is 1. The minimum atomic E-state index is -3.63. The predicted molar refractivity (Wildman–Crippen MR) is 128 cm³/mol. The molecule has 0 spiro atoms. The average Bonchev–Trinajstić information content (AvgIpc) is 3.36. The molecule has 1 aliphatic rings. The van der Waals surface area contributed by atoms with Crippen LogP contribution in [0.15, 0.2) is 68.9 Å². The number of benzene rings is 2. The third kappa shape index (κ3) is 5.61. The Bertz CT molecular complexity index is 1390. The summed E-state index contributed by atoms with van der Waals surface area (Å²) in [4.78, 5) is 12.9. The van der Waals surface area contributed by atoms with Crippen LogP contribution in [0.4, 0.5) is 5.69 Å². The van der Waals surface area contributed by atoms with Gasteiger partial charge in [-0.1, -0.05) is 12.1 Å². The fraction of sp³-hybridized carbons (Fsp3) is 0.304. The molecule has 1 fully saturated rings. The summed E-state index contributed by atoms with van der Waals surface area (Å²) in [6.45, 7) is 3.11. The van der Waals surface area contributed by atoms with Crippen molar-refractivity contribution in [3.05, 3.63) is 60.3 Å². The molecule has 12 heteroatoms. The van der Waals surface area contributed by atoms with Crippen molar-refractivity contribution in [3.63, 3.8) is 0 Å². The molecule has 3 aromatic rings. The first-order valence-corrected chi connectivity index (χ1v) is 14.1. The first-order chi connectivity index (χ1) is 16.7. The van der Waals surface area contributed by atoms with Crippen molar-refractivity contribution in [2.24, 2.45) is 0 Å². The Kier molecular flexibility index (Phi) is 7.36. The lowest BCUT2D eigenvalue weighted by Crippen LogP contribution is -2.40. The number of morpholine rings is 1. The molecule has 10 nitrogen and oxygen atoms in total. The van der Waals surface area contributed by atoms with Gasteiger partial charge in [-0.2, -0.15) is 4.31 Å². The number of sulfone groups is 1. The molecule has 186 valence electrons. The number of aromatic nitrogens is 1. The summed E-state index contributed by atoms with van der Waals surface area (Å²) < 4.78 is 61.6. The molecular formula is C23H25N3O7S2. The van der Waals surface area contributed by atoms with Gasteiger partial charge in [0, 0.05) is 30.4 Å². The monoisotopic (exact) mass is 519 g/mol. The predicted octanol–water partition coefficient (Wildman–Crippen LogP) is 2.80. The van der Waals surface area contributed by atoms with Crippen molar-refractivity contribution >= 4 is 31.5 Å². The Hall–Kier alpha value is -3.06. The van der Waals surface area contributed by atoms with E-state index in [-0.39, 0.29) is 21.2 Å². The third-order valence-corrected chi connectivity index (χ3v) is 9.28. The summed E-state index contributed by atoms with van der Waals surface area (Å²) in [5.74, 6) is -0.161. The maximum Gasteiger partial charge on any atom is 0.277 e. The Balaban J connectivity index is 1.43. The number of nitrogens with zero attached hydrogens (tertiary/aromatic N) is 2. The minimum absolute atomic E-state index is 0.0210. The molecule has 2 aromatic carbocycles. The van der Waals surface area contributed by atoms with Gasteiger partial charge < -0.3 is 14.6 Å². The van der Waals surface area contributed by atoms with Crippen LogP contribution in [0.3, 0.4) is 0 Å². The number of hydrogen-bond donors (Lipinski definition) is 1. The summed E-state index contributed by atoms with van der Waals surface area (Å²) in [6, 6.07) is 13.5. The topological polar surface area (TPSA) is 136 Å². The van der Waals surface area contributed by atoms with Gasteiger partial charge in [0.1, 0.15) is 0 Å². The number of sulfonamides is 1. The van der Waals surface area contributed by atoms with Crippen LogP contribution in [0.2, 0.25) is 0 Å². The maximum atomic E-state index is 12.7. The zero-order valence-electron chi connectivity index (χ0n) is 19.0. The van der Waals surface area contributed by atoms with Crippen LogP contribution in [-0.2, 0) is 24.6 Å². The van der Waals surface area contributed by atoms with Gasteiger partial charge >= 0.3 is 0 Å². The molecule has 1 N–H and O–H groups in total. The summed E-state index contributed by atoms with van der Waals surface area (Å²) >= 11 is 0. The molecule has 0 aliphatic carbocycles. The summed E-state index contributed by atoms with van der Waals surface area (Å²) in [5.41, 5.74) is 0.989. The summed E-state index contributed by atoms with van der Waals surface area (Å²) in [5, 5.41) is 6.44. The van der Waals surface area contributed by atoms with E-state index in [4.69, 9.17) is 9.26 Å². The molecule has 0 unspecified atom stereocenters. The molecular weight excluding hydrogens is 494 g/mol. The van der Waals surface area contributed by atoms with Crippen molar-refractivity contribution in [3.8, 4) is 11.3 Å². The highest BCUT2D eigenvalue weighted by atomic mass is 32.2.